The van der Waals surface area contributed by atoms with E-state index in [1.54, 1.807) is 0 Å². The molecule has 6 heteroatoms. The van der Waals surface area contributed by atoms with Gasteiger partial charge in [-0.05, 0) is 68.4 Å². The third-order valence-corrected chi connectivity index (χ3v) is 8.53. The largest absolute Gasteiger partial charge is 0.493 e. The molecule has 3 atom stereocenters. The first-order chi connectivity index (χ1) is 16.4. The number of fused-ring (bicyclic) bond motifs is 1. The number of nitrogens with zero attached hydrogens (tertiary/aromatic N) is 1. The Morgan fingerprint density at radius 2 is 1.97 bits per heavy atom. The summed E-state index contributed by atoms with van der Waals surface area (Å²) in [7, 11) is 0. The highest BCUT2D eigenvalue weighted by Gasteiger charge is 2.46. The first-order valence-electron chi connectivity index (χ1n) is 12.7. The molecule has 2 N–H and O–H groups in total. The lowest BCUT2D eigenvalue weighted by Gasteiger charge is -2.49. The van der Waals surface area contributed by atoms with Crippen molar-refractivity contribution in [1.29, 1.82) is 0 Å². The molecule has 3 aliphatic rings. The number of aliphatic hydroxyl groups is 1. The number of carbonyl (C=O) groups excluding carboxylic acids is 1. The molecule has 1 amide bonds. The molecule has 2 aromatic rings. The molecule has 182 valence electrons. The van der Waals surface area contributed by atoms with Gasteiger partial charge in [-0.15, -0.1) is 0 Å². The lowest BCUT2D eigenvalue weighted by Crippen LogP contribution is -2.54. The Morgan fingerprint density at radius 3 is 2.71 bits per heavy atom. The number of rotatable bonds is 7. The van der Waals surface area contributed by atoms with Gasteiger partial charge in [-0.1, -0.05) is 36.2 Å². The number of β-amino-alcohol motifs (C(OH)–C–C–N with tert-alkyl or cyclic N) is 1. The van der Waals surface area contributed by atoms with Crippen molar-refractivity contribution in [3.8, 4) is 5.75 Å². The Morgan fingerprint density at radius 1 is 1.18 bits per heavy atom. The zero-order valence-electron chi connectivity index (χ0n) is 19.9. The normalized spacial score (nSPS) is 25.1. The molecule has 2 heterocycles. The number of carbonyl (C=O) groups is 1. The van der Waals surface area contributed by atoms with Gasteiger partial charge < -0.3 is 15.2 Å². The summed E-state index contributed by atoms with van der Waals surface area (Å²) in [5.41, 5.74) is 3.11. The first-order valence-corrected chi connectivity index (χ1v) is 13.0. The summed E-state index contributed by atoms with van der Waals surface area (Å²) in [6, 6.07) is 14.5. The van der Waals surface area contributed by atoms with E-state index < -0.39 is 6.10 Å². The number of halogens is 1. The van der Waals surface area contributed by atoms with Gasteiger partial charge in [0.25, 0.3) is 0 Å². The number of hydrogen-bond donors (Lipinski definition) is 2. The quantitative estimate of drug-likeness (QED) is 0.570. The smallest absolute Gasteiger partial charge is 0.224 e. The van der Waals surface area contributed by atoms with Gasteiger partial charge in [0.1, 0.15) is 5.75 Å². The number of ether oxygens (including phenoxy) is 1. The summed E-state index contributed by atoms with van der Waals surface area (Å²) in [6.45, 7) is 4.53. The standard InChI is InChI=1S/C28H35ClN2O3/c1-19-3-4-20(18-34-24-11-5-21-6-12-27(33)30-25(21)15-24)16-31(19)17-26(32)28(13-2-14-28)22-7-9-23(29)10-8-22/h5,7-11,15,19-20,26,32H,2-4,6,12-14,16-18H2,1H3,(H,30,33). The summed E-state index contributed by atoms with van der Waals surface area (Å²) in [4.78, 5) is 14.2. The molecule has 3 unspecified atom stereocenters. The number of amides is 1. The SMILES string of the molecule is CC1CCC(COc2ccc3c(c2)NC(=O)CC3)CN1CC(O)C1(c2ccc(Cl)cc2)CCC1. The van der Waals surface area contributed by atoms with E-state index in [0.717, 1.165) is 61.5 Å². The summed E-state index contributed by atoms with van der Waals surface area (Å²) >= 11 is 6.11. The average Bonchev–Trinajstić information content (AvgIpc) is 2.79. The maximum Gasteiger partial charge on any atom is 0.224 e. The minimum Gasteiger partial charge on any atom is -0.493 e. The maximum absolute atomic E-state index is 11.7. The van der Waals surface area contributed by atoms with Crippen LogP contribution in [0.2, 0.25) is 5.02 Å². The van der Waals surface area contributed by atoms with Crippen LogP contribution in [0.25, 0.3) is 0 Å². The van der Waals surface area contributed by atoms with Crippen LogP contribution >= 0.6 is 11.6 Å². The molecule has 0 radical (unpaired) electrons. The van der Waals surface area contributed by atoms with E-state index in [2.05, 4.69) is 35.3 Å². The Hall–Kier alpha value is -2.08. The van der Waals surface area contributed by atoms with Gasteiger partial charge >= 0.3 is 0 Å². The zero-order chi connectivity index (χ0) is 23.7. The van der Waals surface area contributed by atoms with Gasteiger partial charge in [-0.2, -0.15) is 0 Å². The van der Waals surface area contributed by atoms with Gasteiger partial charge in [-0.3, -0.25) is 9.69 Å². The van der Waals surface area contributed by atoms with Crippen molar-refractivity contribution in [3.05, 3.63) is 58.6 Å². The van der Waals surface area contributed by atoms with E-state index in [1.165, 1.54) is 11.1 Å². The Kier molecular flexibility index (Phi) is 6.88. The number of likely N-dealkylation sites (tertiary alicyclic amines) is 1. The van der Waals surface area contributed by atoms with Crippen molar-refractivity contribution < 1.29 is 14.6 Å². The minimum absolute atomic E-state index is 0.0722. The van der Waals surface area contributed by atoms with E-state index in [-0.39, 0.29) is 11.3 Å². The third kappa shape index (κ3) is 4.84. The number of aliphatic hydroxyl groups excluding tert-OH is 1. The van der Waals surface area contributed by atoms with E-state index >= 15 is 0 Å². The fourth-order valence-electron chi connectivity index (χ4n) is 5.86. The van der Waals surface area contributed by atoms with E-state index in [0.29, 0.717) is 31.5 Å². The second kappa shape index (κ2) is 9.88. The number of benzene rings is 2. The number of aryl methyl sites for hydroxylation is 1. The minimum atomic E-state index is -0.395. The van der Waals surface area contributed by atoms with E-state index in [9.17, 15) is 9.90 Å². The fraction of sp³-hybridized carbons (Fsp3) is 0.536. The molecule has 2 fully saturated rings. The number of piperidine rings is 1. The van der Waals surface area contributed by atoms with Crippen LogP contribution in [0.3, 0.4) is 0 Å². The van der Waals surface area contributed by atoms with Crippen LogP contribution in [0.15, 0.2) is 42.5 Å². The molecular formula is C28H35ClN2O3. The highest BCUT2D eigenvalue weighted by molar-refractivity contribution is 6.30. The molecule has 0 spiro atoms. The molecule has 5 rings (SSSR count). The number of anilines is 1. The van der Waals surface area contributed by atoms with Crippen LogP contribution in [0, 0.1) is 5.92 Å². The molecule has 2 aromatic carbocycles. The molecular weight excluding hydrogens is 448 g/mol. The van der Waals surface area contributed by atoms with E-state index in [4.69, 9.17) is 16.3 Å². The van der Waals surface area contributed by atoms with Gasteiger partial charge in [0.15, 0.2) is 0 Å². The summed E-state index contributed by atoms with van der Waals surface area (Å²) in [5.74, 6) is 1.30. The van der Waals surface area contributed by atoms with Crippen LogP contribution < -0.4 is 10.1 Å². The second-order valence-corrected chi connectivity index (χ2v) is 10.9. The monoisotopic (exact) mass is 482 g/mol. The molecule has 1 saturated carbocycles. The van der Waals surface area contributed by atoms with Crippen molar-refractivity contribution in [2.24, 2.45) is 5.92 Å². The molecule has 1 aliphatic carbocycles. The lowest BCUT2D eigenvalue weighted by molar-refractivity contribution is -0.116. The van der Waals surface area contributed by atoms with Gasteiger partial charge in [0.2, 0.25) is 5.91 Å². The van der Waals surface area contributed by atoms with E-state index in [1.807, 2.05) is 24.3 Å². The summed E-state index contributed by atoms with van der Waals surface area (Å²) in [6.07, 6.45) is 6.39. The number of nitrogens with one attached hydrogen (secondary N) is 1. The number of hydrogen-bond acceptors (Lipinski definition) is 4. The van der Waals surface area contributed by atoms with Gasteiger partial charge in [-0.25, -0.2) is 0 Å². The Bertz CT molecular complexity index is 1020. The topological polar surface area (TPSA) is 61.8 Å². The predicted molar refractivity (Wildman–Crippen MR) is 136 cm³/mol. The first kappa shape index (κ1) is 23.7. The summed E-state index contributed by atoms with van der Waals surface area (Å²) < 4.78 is 6.16. The van der Waals surface area contributed by atoms with Gasteiger partial charge in [0.05, 0.1) is 12.7 Å². The highest BCUT2D eigenvalue weighted by Crippen LogP contribution is 2.47. The van der Waals surface area contributed by atoms with Crippen molar-refractivity contribution in [2.75, 3.05) is 25.0 Å². The van der Waals surface area contributed by atoms with Crippen molar-refractivity contribution >= 4 is 23.2 Å². The van der Waals surface area contributed by atoms with Crippen molar-refractivity contribution in [2.45, 2.75) is 69.4 Å². The highest BCUT2D eigenvalue weighted by atomic mass is 35.5. The van der Waals surface area contributed by atoms with Crippen LogP contribution in [0.4, 0.5) is 5.69 Å². The fourth-order valence-corrected chi connectivity index (χ4v) is 5.98. The van der Waals surface area contributed by atoms with Crippen LogP contribution in [0.5, 0.6) is 5.75 Å². The van der Waals surface area contributed by atoms with Crippen LogP contribution in [0.1, 0.15) is 56.6 Å². The molecule has 5 nitrogen and oxygen atoms in total. The Balaban J connectivity index is 1.20. The summed E-state index contributed by atoms with van der Waals surface area (Å²) in [5, 5.41) is 15.1. The molecule has 0 bridgehead atoms. The Labute approximate surface area is 207 Å². The lowest BCUT2D eigenvalue weighted by atomic mass is 9.61. The average molecular weight is 483 g/mol. The third-order valence-electron chi connectivity index (χ3n) is 8.28. The van der Waals surface area contributed by atoms with Gasteiger partial charge in [0, 0.05) is 53.7 Å². The molecule has 0 aromatic heterocycles. The maximum atomic E-state index is 11.7. The molecule has 34 heavy (non-hydrogen) atoms. The van der Waals surface area contributed by atoms with Crippen molar-refractivity contribution in [1.82, 2.24) is 4.90 Å². The zero-order valence-corrected chi connectivity index (χ0v) is 20.7. The van der Waals surface area contributed by atoms with Crippen molar-refractivity contribution in [3.63, 3.8) is 0 Å². The van der Waals surface area contributed by atoms with Crippen LogP contribution in [-0.2, 0) is 16.6 Å². The predicted octanol–water partition coefficient (Wildman–Crippen LogP) is 5.19. The van der Waals surface area contributed by atoms with Crippen LogP contribution in [-0.4, -0.2) is 47.8 Å². The second-order valence-electron chi connectivity index (χ2n) is 10.5. The molecule has 1 saturated heterocycles. The molecule has 2 aliphatic heterocycles.